The molecule has 2 fully saturated rings. The second kappa shape index (κ2) is 6.16. The number of amides is 1. The van der Waals surface area contributed by atoms with Crippen LogP contribution < -0.4 is 4.74 Å². The lowest BCUT2D eigenvalue weighted by Gasteiger charge is -2.53. The van der Waals surface area contributed by atoms with Crippen LogP contribution in [0.25, 0.3) is 0 Å². The maximum absolute atomic E-state index is 13.7. The topological polar surface area (TPSA) is 51.7 Å². The molecule has 1 aliphatic carbocycles. The van der Waals surface area contributed by atoms with Crippen LogP contribution in [0.5, 0.6) is 5.88 Å². The Morgan fingerprint density at radius 2 is 2.33 bits per heavy atom. The standard InChI is InChI=1S/C18H21FN2O3/c19-15-6-3-8-20-16(15)24-14-7-9-23-18(10-14)11-21(12-18)17(22)13-4-1-2-5-13/h3-4,6,8,14H,1-2,5,7,9-12H2. The summed E-state index contributed by atoms with van der Waals surface area (Å²) in [5, 5.41) is 0. The van der Waals surface area contributed by atoms with E-state index in [4.69, 9.17) is 9.47 Å². The molecule has 128 valence electrons. The molecule has 1 amide bonds. The lowest BCUT2D eigenvalue weighted by molar-refractivity contribution is -0.191. The summed E-state index contributed by atoms with van der Waals surface area (Å²) >= 11 is 0. The van der Waals surface area contributed by atoms with Gasteiger partial charge in [0, 0.05) is 24.6 Å². The van der Waals surface area contributed by atoms with Gasteiger partial charge in [0.1, 0.15) is 11.7 Å². The van der Waals surface area contributed by atoms with Crippen molar-refractivity contribution in [2.75, 3.05) is 19.7 Å². The number of aromatic nitrogens is 1. The average molecular weight is 332 g/mol. The fourth-order valence-electron chi connectivity index (χ4n) is 3.78. The predicted octanol–water partition coefficient (Wildman–Crippen LogP) is 2.47. The van der Waals surface area contributed by atoms with Crippen LogP contribution in [0.2, 0.25) is 0 Å². The van der Waals surface area contributed by atoms with Gasteiger partial charge in [-0.25, -0.2) is 9.37 Å². The molecule has 0 aromatic carbocycles. The summed E-state index contributed by atoms with van der Waals surface area (Å²) in [6, 6.07) is 2.89. The predicted molar refractivity (Wildman–Crippen MR) is 85.0 cm³/mol. The first-order valence-electron chi connectivity index (χ1n) is 8.55. The van der Waals surface area contributed by atoms with E-state index in [1.54, 1.807) is 6.07 Å². The molecule has 3 aliphatic rings. The average Bonchev–Trinajstić information content (AvgIpc) is 3.09. The van der Waals surface area contributed by atoms with E-state index in [1.807, 2.05) is 11.0 Å². The summed E-state index contributed by atoms with van der Waals surface area (Å²) in [5.41, 5.74) is 0.590. The van der Waals surface area contributed by atoms with Gasteiger partial charge >= 0.3 is 0 Å². The Labute approximate surface area is 140 Å². The zero-order valence-electron chi connectivity index (χ0n) is 13.5. The van der Waals surface area contributed by atoms with Crippen LogP contribution in [-0.2, 0) is 9.53 Å². The van der Waals surface area contributed by atoms with Gasteiger partial charge < -0.3 is 14.4 Å². The molecule has 1 unspecified atom stereocenters. The second-order valence-corrected chi connectivity index (χ2v) is 6.84. The molecular formula is C18H21FN2O3. The van der Waals surface area contributed by atoms with Crippen LogP contribution >= 0.6 is 0 Å². The maximum Gasteiger partial charge on any atom is 0.250 e. The van der Waals surface area contributed by atoms with Crippen molar-refractivity contribution >= 4 is 5.91 Å². The van der Waals surface area contributed by atoms with Crippen LogP contribution in [0.3, 0.4) is 0 Å². The van der Waals surface area contributed by atoms with Gasteiger partial charge in [-0.05, 0) is 31.4 Å². The summed E-state index contributed by atoms with van der Waals surface area (Å²) in [7, 11) is 0. The summed E-state index contributed by atoms with van der Waals surface area (Å²) in [5.74, 6) is -0.264. The number of likely N-dealkylation sites (tertiary alicyclic amines) is 1. The van der Waals surface area contributed by atoms with E-state index >= 15 is 0 Å². The fourth-order valence-corrected chi connectivity index (χ4v) is 3.78. The van der Waals surface area contributed by atoms with Gasteiger partial charge in [0.25, 0.3) is 5.88 Å². The highest BCUT2D eigenvalue weighted by molar-refractivity contribution is 5.94. The van der Waals surface area contributed by atoms with Crippen LogP contribution in [0.15, 0.2) is 30.0 Å². The third kappa shape index (κ3) is 2.90. The van der Waals surface area contributed by atoms with E-state index < -0.39 is 5.82 Å². The van der Waals surface area contributed by atoms with Crippen molar-refractivity contribution < 1.29 is 18.7 Å². The molecule has 2 aliphatic heterocycles. The van der Waals surface area contributed by atoms with Gasteiger partial charge in [-0.1, -0.05) is 6.08 Å². The molecule has 0 radical (unpaired) electrons. The normalized spacial score (nSPS) is 25.3. The molecule has 1 spiro atoms. The van der Waals surface area contributed by atoms with E-state index in [1.165, 1.54) is 12.3 Å². The SMILES string of the molecule is O=C(C1=CCCC1)N1CC2(CC(Oc3ncccc3F)CCO2)C1. The molecule has 1 aromatic heterocycles. The number of allylic oxidation sites excluding steroid dienone is 1. The zero-order valence-corrected chi connectivity index (χ0v) is 13.5. The highest BCUT2D eigenvalue weighted by Gasteiger charge is 2.50. The van der Waals surface area contributed by atoms with Crippen molar-refractivity contribution in [3.8, 4) is 5.88 Å². The number of carbonyl (C=O) groups is 1. The first-order valence-corrected chi connectivity index (χ1v) is 8.55. The van der Waals surface area contributed by atoms with Crippen molar-refractivity contribution in [2.24, 2.45) is 0 Å². The van der Waals surface area contributed by atoms with E-state index in [2.05, 4.69) is 4.98 Å². The minimum Gasteiger partial charge on any atom is -0.472 e. The third-order valence-electron chi connectivity index (χ3n) is 5.01. The van der Waals surface area contributed by atoms with Gasteiger partial charge in [0.2, 0.25) is 5.91 Å². The molecule has 0 saturated carbocycles. The highest BCUT2D eigenvalue weighted by atomic mass is 19.1. The highest BCUT2D eigenvalue weighted by Crippen LogP contribution is 2.37. The van der Waals surface area contributed by atoms with Crippen molar-refractivity contribution in [1.82, 2.24) is 9.88 Å². The van der Waals surface area contributed by atoms with Crippen molar-refractivity contribution in [2.45, 2.75) is 43.8 Å². The van der Waals surface area contributed by atoms with Crippen molar-refractivity contribution in [3.63, 3.8) is 0 Å². The van der Waals surface area contributed by atoms with E-state index in [0.29, 0.717) is 32.5 Å². The Morgan fingerprint density at radius 1 is 1.46 bits per heavy atom. The molecule has 6 heteroatoms. The van der Waals surface area contributed by atoms with Crippen molar-refractivity contribution in [3.05, 3.63) is 35.8 Å². The van der Waals surface area contributed by atoms with Gasteiger partial charge in [0.15, 0.2) is 5.82 Å². The largest absolute Gasteiger partial charge is 0.472 e. The van der Waals surface area contributed by atoms with Gasteiger partial charge in [-0.3, -0.25) is 4.79 Å². The number of hydrogen-bond acceptors (Lipinski definition) is 4. The number of rotatable bonds is 3. The summed E-state index contributed by atoms with van der Waals surface area (Å²) < 4.78 is 25.4. The minimum absolute atomic E-state index is 0.0444. The van der Waals surface area contributed by atoms with E-state index in [-0.39, 0.29) is 23.5 Å². The maximum atomic E-state index is 13.7. The van der Waals surface area contributed by atoms with E-state index in [9.17, 15) is 9.18 Å². The quantitative estimate of drug-likeness (QED) is 0.853. The Hall–Kier alpha value is -1.95. The minimum atomic E-state index is -0.448. The van der Waals surface area contributed by atoms with Gasteiger partial charge in [-0.2, -0.15) is 0 Å². The van der Waals surface area contributed by atoms with Crippen LogP contribution in [0.1, 0.15) is 32.1 Å². The van der Waals surface area contributed by atoms with Crippen molar-refractivity contribution in [1.29, 1.82) is 0 Å². The molecule has 0 bridgehead atoms. The molecule has 5 nitrogen and oxygen atoms in total. The Balaban J connectivity index is 1.36. The van der Waals surface area contributed by atoms with Crippen LogP contribution in [-0.4, -0.2) is 47.2 Å². The number of ether oxygens (including phenoxy) is 2. The number of halogens is 1. The third-order valence-corrected chi connectivity index (χ3v) is 5.01. The smallest absolute Gasteiger partial charge is 0.250 e. The first-order chi connectivity index (χ1) is 11.7. The lowest BCUT2D eigenvalue weighted by atomic mass is 9.84. The number of carbonyl (C=O) groups excluding carboxylic acids is 1. The molecule has 2 saturated heterocycles. The number of hydrogen-bond donors (Lipinski definition) is 0. The summed E-state index contributed by atoms with van der Waals surface area (Å²) in [4.78, 5) is 18.2. The van der Waals surface area contributed by atoms with Gasteiger partial charge in [-0.15, -0.1) is 0 Å². The van der Waals surface area contributed by atoms with Crippen LogP contribution in [0, 0.1) is 5.82 Å². The lowest BCUT2D eigenvalue weighted by Crippen LogP contribution is -2.67. The molecule has 1 atom stereocenters. The Kier molecular flexibility index (Phi) is 4.00. The van der Waals surface area contributed by atoms with Gasteiger partial charge in [0.05, 0.1) is 19.7 Å². The Morgan fingerprint density at radius 3 is 3.08 bits per heavy atom. The monoisotopic (exact) mass is 332 g/mol. The number of nitrogens with zero attached hydrogens (tertiary/aromatic N) is 2. The molecule has 24 heavy (non-hydrogen) atoms. The molecule has 4 rings (SSSR count). The molecular weight excluding hydrogens is 311 g/mol. The first kappa shape index (κ1) is 15.6. The molecule has 1 aromatic rings. The second-order valence-electron chi connectivity index (χ2n) is 6.84. The number of pyridine rings is 1. The summed E-state index contributed by atoms with van der Waals surface area (Å²) in [6.45, 7) is 1.74. The molecule has 0 N–H and O–H groups in total. The van der Waals surface area contributed by atoms with Crippen LogP contribution in [0.4, 0.5) is 4.39 Å². The molecule has 3 heterocycles. The zero-order chi connectivity index (χ0) is 16.6. The fraction of sp³-hybridized carbons (Fsp3) is 0.556. The summed E-state index contributed by atoms with van der Waals surface area (Å²) in [6.07, 6.45) is 7.75. The van der Waals surface area contributed by atoms with E-state index in [0.717, 1.165) is 24.8 Å². The Bertz CT molecular complexity index is 670.